The number of hydrogen-bond acceptors (Lipinski definition) is 5. The number of carbonyl (C=O) groups is 1. The van der Waals surface area contributed by atoms with Gasteiger partial charge in [-0.1, -0.05) is 32.0 Å². The molecule has 2 aromatic rings. The standard InChI is InChI=1S/C16H22N4O2/c1-11(12-7-5-6-10-17-12)18-13(21)8-9-14-19-15(20-22-14)16(2,3)4/h5-7,10-11H,8-9H2,1-4H3,(H,18,21)/t11-/m1/s1. The summed E-state index contributed by atoms with van der Waals surface area (Å²) in [4.78, 5) is 20.5. The van der Waals surface area contributed by atoms with Gasteiger partial charge in [-0.05, 0) is 19.1 Å². The Morgan fingerprint density at radius 1 is 1.36 bits per heavy atom. The maximum atomic E-state index is 12.0. The fraction of sp³-hybridized carbons (Fsp3) is 0.500. The van der Waals surface area contributed by atoms with Crippen molar-refractivity contribution in [2.45, 2.75) is 52.0 Å². The van der Waals surface area contributed by atoms with E-state index in [4.69, 9.17) is 4.52 Å². The van der Waals surface area contributed by atoms with Crippen molar-refractivity contribution in [1.82, 2.24) is 20.4 Å². The third-order valence-corrected chi connectivity index (χ3v) is 3.21. The summed E-state index contributed by atoms with van der Waals surface area (Å²) in [5, 5.41) is 6.86. The number of nitrogens with one attached hydrogen (secondary N) is 1. The highest BCUT2D eigenvalue weighted by atomic mass is 16.5. The predicted octanol–water partition coefficient (Wildman–Crippen LogP) is 2.57. The number of hydrogen-bond donors (Lipinski definition) is 1. The van der Waals surface area contributed by atoms with Gasteiger partial charge in [0.05, 0.1) is 11.7 Å². The molecule has 0 unspecified atom stereocenters. The molecule has 0 fully saturated rings. The highest BCUT2D eigenvalue weighted by Gasteiger charge is 2.21. The van der Waals surface area contributed by atoms with Gasteiger partial charge in [0, 0.05) is 24.5 Å². The van der Waals surface area contributed by atoms with E-state index >= 15 is 0 Å². The van der Waals surface area contributed by atoms with E-state index in [1.165, 1.54) is 0 Å². The van der Waals surface area contributed by atoms with E-state index in [0.717, 1.165) is 5.69 Å². The number of pyridine rings is 1. The zero-order chi connectivity index (χ0) is 16.2. The minimum Gasteiger partial charge on any atom is -0.348 e. The van der Waals surface area contributed by atoms with Gasteiger partial charge in [-0.3, -0.25) is 9.78 Å². The van der Waals surface area contributed by atoms with Gasteiger partial charge in [-0.25, -0.2) is 0 Å². The van der Waals surface area contributed by atoms with E-state index in [1.54, 1.807) is 6.20 Å². The zero-order valence-corrected chi connectivity index (χ0v) is 13.5. The third kappa shape index (κ3) is 4.38. The summed E-state index contributed by atoms with van der Waals surface area (Å²) in [6.07, 6.45) is 2.46. The average Bonchev–Trinajstić information content (AvgIpc) is 2.95. The number of amides is 1. The summed E-state index contributed by atoms with van der Waals surface area (Å²) in [6, 6.07) is 5.51. The lowest BCUT2D eigenvalue weighted by Crippen LogP contribution is -2.27. The lowest BCUT2D eigenvalue weighted by molar-refractivity contribution is -0.121. The molecular formula is C16H22N4O2. The normalized spacial score (nSPS) is 12.9. The van der Waals surface area contributed by atoms with Crippen molar-refractivity contribution in [3.8, 4) is 0 Å². The van der Waals surface area contributed by atoms with E-state index in [1.807, 2.05) is 45.9 Å². The van der Waals surface area contributed by atoms with Crippen LogP contribution in [0.25, 0.3) is 0 Å². The minimum absolute atomic E-state index is 0.0614. The van der Waals surface area contributed by atoms with Gasteiger partial charge in [0.15, 0.2) is 5.82 Å². The number of rotatable bonds is 5. The Balaban J connectivity index is 1.84. The van der Waals surface area contributed by atoms with Crippen molar-refractivity contribution in [2.75, 3.05) is 0 Å². The van der Waals surface area contributed by atoms with E-state index < -0.39 is 0 Å². The summed E-state index contributed by atoms with van der Waals surface area (Å²) in [7, 11) is 0. The molecule has 0 bridgehead atoms. The second kappa shape index (κ2) is 6.68. The van der Waals surface area contributed by atoms with E-state index in [-0.39, 0.29) is 17.4 Å². The molecule has 0 aliphatic heterocycles. The van der Waals surface area contributed by atoms with Crippen molar-refractivity contribution in [3.63, 3.8) is 0 Å². The van der Waals surface area contributed by atoms with Crippen LogP contribution in [0.5, 0.6) is 0 Å². The van der Waals surface area contributed by atoms with Gasteiger partial charge >= 0.3 is 0 Å². The Morgan fingerprint density at radius 3 is 2.73 bits per heavy atom. The van der Waals surface area contributed by atoms with Crippen LogP contribution in [0, 0.1) is 0 Å². The molecule has 2 heterocycles. The quantitative estimate of drug-likeness (QED) is 0.918. The van der Waals surface area contributed by atoms with Crippen molar-refractivity contribution in [2.24, 2.45) is 0 Å². The largest absolute Gasteiger partial charge is 0.348 e. The van der Waals surface area contributed by atoms with Gasteiger partial charge < -0.3 is 9.84 Å². The predicted molar refractivity (Wildman–Crippen MR) is 82.1 cm³/mol. The van der Waals surface area contributed by atoms with Crippen molar-refractivity contribution >= 4 is 5.91 Å². The fourth-order valence-electron chi connectivity index (χ4n) is 1.90. The molecule has 2 aromatic heterocycles. The molecule has 0 aromatic carbocycles. The van der Waals surface area contributed by atoms with E-state index in [0.29, 0.717) is 24.6 Å². The van der Waals surface area contributed by atoms with Crippen LogP contribution >= 0.6 is 0 Å². The smallest absolute Gasteiger partial charge is 0.227 e. The van der Waals surface area contributed by atoms with E-state index in [9.17, 15) is 4.79 Å². The molecule has 0 spiro atoms. The van der Waals surface area contributed by atoms with Crippen LogP contribution in [0.15, 0.2) is 28.9 Å². The molecule has 1 N–H and O–H groups in total. The van der Waals surface area contributed by atoms with Crippen molar-refractivity contribution in [1.29, 1.82) is 0 Å². The molecule has 6 nitrogen and oxygen atoms in total. The number of aryl methyl sites for hydroxylation is 1. The molecule has 0 aliphatic carbocycles. The highest BCUT2D eigenvalue weighted by Crippen LogP contribution is 2.18. The lowest BCUT2D eigenvalue weighted by Gasteiger charge is -2.12. The van der Waals surface area contributed by atoms with Gasteiger partial charge in [0.25, 0.3) is 0 Å². The average molecular weight is 302 g/mol. The molecule has 0 saturated heterocycles. The molecule has 118 valence electrons. The maximum absolute atomic E-state index is 12.0. The first-order chi connectivity index (χ1) is 10.4. The molecule has 0 saturated carbocycles. The SMILES string of the molecule is C[C@@H](NC(=O)CCc1nc(C(C)(C)C)no1)c1ccccn1. The number of nitrogens with zero attached hydrogens (tertiary/aromatic N) is 3. The summed E-state index contributed by atoms with van der Waals surface area (Å²) in [6.45, 7) is 7.96. The Bertz CT molecular complexity index is 617. The lowest BCUT2D eigenvalue weighted by atomic mass is 9.96. The topological polar surface area (TPSA) is 80.9 Å². The second-order valence-corrected chi connectivity index (χ2v) is 6.31. The molecule has 0 aliphatic rings. The Labute approximate surface area is 130 Å². The molecule has 1 amide bonds. The van der Waals surface area contributed by atoms with Gasteiger partial charge in [0.2, 0.25) is 11.8 Å². The van der Waals surface area contributed by atoms with Gasteiger partial charge in [-0.15, -0.1) is 0 Å². The molecule has 6 heteroatoms. The molecular weight excluding hydrogens is 280 g/mol. The third-order valence-electron chi connectivity index (χ3n) is 3.21. The number of aromatic nitrogens is 3. The van der Waals surface area contributed by atoms with Crippen LogP contribution in [-0.2, 0) is 16.6 Å². The summed E-state index contributed by atoms with van der Waals surface area (Å²) < 4.78 is 5.18. The maximum Gasteiger partial charge on any atom is 0.227 e. The fourth-order valence-corrected chi connectivity index (χ4v) is 1.90. The highest BCUT2D eigenvalue weighted by molar-refractivity contribution is 5.76. The summed E-state index contributed by atoms with van der Waals surface area (Å²) in [5.74, 6) is 1.09. The van der Waals surface area contributed by atoms with E-state index in [2.05, 4.69) is 20.4 Å². The Hall–Kier alpha value is -2.24. The van der Waals surface area contributed by atoms with Gasteiger partial charge in [-0.2, -0.15) is 4.98 Å². The van der Waals surface area contributed by atoms with Crippen LogP contribution in [0.2, 0.25) is 0 Å². The minimum atomic E-state index is -0.155. The monoisotopic (exact) mass is 302 g/mol. The van der Waals surface area contributed by atoms with Crippen LogP contribution in [0.4, 0.5) is 0 Å². The molecule has 22 heavy (non-hydrogen) atoms. The first kappa shape index (κ1) is 16.1. The zero-order valence-electron chi connectivity index (χ0n) is 13.5. The first-order valence-corrected chi connectivity index (χ1v) is 7.39. The molecule has 0 radical (unpaired) electrons. The number of carbonyl (C=O) groups excluding carboxylic acids is 1. The van der Waals surface area contributed by atoms with Crippen molar-refractivity contribution in [3.05, 3.63) is 41.8 Å². The van der Waals surface area contributed by atoms with Crippen LogP contribution in [-0.4, -0.2) is 21.0 Å². The Kier molecular flexibility index (Phi) is 4.90. The van der Waals surface area contributed by atoms with Crippen LogP contribution in [0.3, 0.4) is 0 Å². The van der Waals surface area contributed by atoms with Crippen LogP contribution in [0.1, 0.15) is 57.6 Å². The first-order valence-electron chi connectivity index (χ1n) is 7.39. The summed E-state index contributed by atoms with van der Waals surface area (Å²) >= 11 is 0. The molecule has 1 atom stereocenters. The molecule has 2 rings (SSSR count). The summed E-state index contributed by atoms with van der Waals surface area (Å²) in [5.41, 5.74) is 0.681. The Morgan fingerprint density at radius 2 is 2.14 bits per heavy atom. The van der Waals surface area contributed by atoms with Crippen molar-refractivity contribution < 1.29 is 9.32 Å². The second-order valence-electron chi connectivity index (χ2n) is 6.31. The van der Waals surface area contributed by atoms with Gasteiger partial charge in [0.1, 0.15) is 0 Å². The van der Waals surface area contributed by atoms with Crippen LogP contribution < -0.4 is 5.32 Å².